The Bertz CT molecular complexity index is 819. The van der Waals surface area contributed by atoms with Crippen LogP contribution in [0.5, 0.6) is 0 Å². The maximum Gasteiger partial charge on any atom is 0.222 e. The van der Waals surface area contributed by atoms with Gasteiger partial charge in [0.25, 0.3) is 0 Å². The van der Waals surface area contributed by atoms with Gasteiger partial charge in [-0.1, -0.05) is 54.6 Å². The Labute approximate surface area is 174 Å². The minimum Gasteiger partial charge on any atom is -0.354 e. The van der Waals surface area contributed by atoms with Crippen molar-refractivity contribution in [1.29, 1.82) is 0 Å². The molecule has 0 radical (unpaired) electrons. The van der Waals surface area contributed by atoms with Crippen molar-refractivity contribution in [3.05, 3.63) is 71.3 Å². The average molecular weight is 393 g/mol. The predicted octanol–water partition coefficient (Wildman–Crippen LogP) is 3.50. The molecule has 0 bridgehead atoms. The summed E-state index contributed by atoms with van der Waals surface area (Å²) in [5.41, 5.74) is 3.75. The number of nitrogens with one attached hydrogen (secondary N) is 2. The zero-order chi connectivity index (χ0) is 20.5. The molecule has 1 saturated heterocycles. The summed E-state index contributed by atoms with van der Waals surface area (Å²) in [6, 6.07) is 19.2. The van der Waals surface area contributed by atoms with Crippen LogP contribution in [-0.4, -0.2) is 36.4 Å². The van der Waals surface area contributed by atoms with Gasteiger partial charge in [-0.05, 0) is 42.9 Å². The van der Waals surface area contributed by atoms with Crippen LogP contribution in [0.1, 0.15) is 42.9 Å². The van der Waals surface area contributed by atoms with Gasteiger partial charge in [0.05, 0.1) is 0 Å². The molecule has 5 nitrogen and oxygen atoms in total. The molecule has 2 N–H and O–H groups in total. The number of benzene rings is 2. The summed E-state index contributed by atoms with van der Waals surface area (Å²) in [5.74, 6) is 1.06. The molecule has 154 valence electrons. The van der Waals surface area contributed by atoms with Crippen molar-refractivity contribution in [2.75, 3.05) is 13.6 Å². The van der Waals surface area contributed by atoms with E-state index in [0.717, 1.165) is 31.8 Å². The number of hydrogen-bond donors (Lipinski definition) is 2. The number of rotatable bonds is 8. The summed E-state index contributed by atoms with van der Waals surface area (Å²) in [6.07, 6.45) is 3.73. The molecule has 0 saturated carbocycles. The fourth-order valence-electron chi connectivity index (χ4n) is 3.67. The first-order valence-corrected chi connectivity index (χ1v) is 10.5. The van der Waals surface area contributed by atoms with Crippen molar-refractivity contribution in [2.45, 2.75) is 51.7 Å². The molecule has 1 aliphatic heterocycles. The first-order chi connectivity index (χ1) is 14.2. The summed E-state index contributed by atoms with van der Waals surface area (Å²) in [5, 5.41) is 6.91. The summed E-state index contributed by atoms with van der Waals surface area (Å²) in [7, 11) is 1.80. The van der Waals surface area contributed by atoms with E-state index in [1.54, 1.807) is 7.05 Å². The van der Waals surface area contributed by atoms with Crippen LogP contribution >= 0.6 is 0 Å². The molecular formula is C24H32N4O. The number of nitrogens with zero attached hydrogens (tertiary/aromatic N) is 2. The monoisotopic (exact) mass is 392 g/mol. The van der Waals surface area contributed by atoms with Gasteiger partial charge in [0.1, 0.15) is 0 Å². The standard InChI is InChI=1S/C24H32N4O/c1-19(14-15-20-9-4-3-5-10-20)27-24(25-2)26-17-21-11-6-7-12-22(21)18-28-16-8-13-23(28)29/h3-7,9-12,19H,8,13-18H2,1-2H3,(H2,25,26,27). The third kappa shape index (κ3) is 6.34. The van der Waals surface area contributed by atoms with Gasteiger partial charge in [-0.25, -0.2) is 0 Å². The number of amides is 1. The zero-order valence-corrected chi connectivity index (χ0v) is 17.5. The smallest absolute Gasteiger partial charge is 0.222 e. The van der Waals surface area contributed by atoms with E-state index in [1.165, 1.54) is 16.7 Å². The lowest BCUT2D eigenvalue weighted by atomic mass is 10.1. The number of carbonyl (C=O) groups is 1. The third-order valence-electron chi connectivity index (χ3n) is 5.41. The Morgan fingerprint density at radius 1 is 1.10 bits per heavy atom. The Hall–Kier alpha value is -2.82. The van der Waals surface area contributed by atoms with Crippen LogP contribution in [0.3, 0.4) is 0 Å². The van der Waals surface area contributed by atoms with Gasteiger partial charge in [0.2, 0.25) is 5.91 Å². The lowest BCUT2D eigenvalue weighted by Crippen LogP contribution is -2.42. The van der Waals surface area contributed by atoms with E-state index in [0.29, 0.717) is 25.6 Å². The molecule has 1 fully saturated rings. The Kier molecular flexibility index (Phi) is 7.68. The largest absolute Gasteiger partial charge is 0.354 e. The van der Waals surface area contributed by atoms with Crippen LogP contribution in [-0.2, 0) is 24.3 Å². The van der Waals surface area contributed by atoms with Crippen LogP contribution in [0.2, 0.25) is 0 Å². The molecule has 1 atom stereocenters. The fourth-order valence-corrected chi connectivity index (χ4v) is 3.67. The zero-order valence-electron chi connectivity index (χ0n) is 17.5. The Morgan fingerprint density at radius 3 is 2.52 bits per heavy atom. The molecular weight excluding hydrogens is 360 g/mol. The van der Waals surface area contributed by atoms with Crippen molar-refractivity contribution in [3.8, 4) is 0 Å². The molecule has 3 rings (SSSR count). The highest BCUT2D eigenvalue weighted by Gasteiger charge is 2.20. The van der Waals surface area contributed by atoms with Crippen molar-refractivity contribution < 1.29 is 4.79 Å². The van der Waals surface area contributed by atoms with Gasteiger partial charge in [-0.2, -0.15) is 0 Å². The highest BCUT2D eigenvalue weighted by molar-refractivity contribution is 5.80. The maximum absolute atomic E-state index is 12.0. The predicted molar refractivity (Wildman–Crippen MR) is 119 cm³/mol. The van der Waals surface area contributed by atoms with Gasteiger partial charge in [-0.15, -0.1) is 0 Å². The van der Waals surface area contributed by atoms with Gasteiger partial charge < -0.3 is 15.5 Å². The van der Waals surface area contributed by atoms with E-state index >= 15 is 0 Å². The van der Waals surface area contributed by atoms with Crippen LogP contribution in [0.25, 0.3) is 0 Å². The topological polar surface area (TPSA) is 56.7 Å². The molecule has 5 heteroatoms. The molecule has 0 spiro atoms. The second-order valence-corrected chi connectivity index (χ2v) is 7.68. The molecule has 2 aromatic rings. The third-order valence-corrected chi connectivity index (χ3v) is 5.41. The molecule has 0 aromatic heterocycles. The Morgan fingerprint density at radius 2 is 1.83 bits per heavy atom. The van der Waals surface area contributed by atoms with Crippen LogP contribution in [0, 0.1) is 0 Å². The van der Waals surface area contributed by atoms with Gasteiger partial charge in [0, 0.05) is 39.1 Å². The van der Waals surface area contributed by atoms with Crippen LogP contribution in [0.4, 0.5) is 0 Å². The molecule has 1 amide bonds. The first-order valence-electron chi connectivity index (χ1n) is 10.5. The highest BCUT2D eigenvalue weighted by atomic mass is 16.2. The quantitative estimate of drug-likeness (QED) is 0.534. The van der Waals surface area contributed by atoms with E-state index in [4.69, 9.17) is 0 Å². The summed E-state index contributed by atoms with van der Waals surface area (Å²) < 4.78 is 0. The van der Waals surface area contributed by atoms with E-state index in [-0.39, 0.29) is 5.91 Å². The lowest BCUT2D eigenvalue weighted by Gasteiger charge is -2.20. The molecule has 1 unspecified atom stereocenters. The number of carbonyl (C=O) groups excluding carboxylic acids is 1. The molecule has 1 heterocycles. The van der Waals surface area contributed by atoms with Crippen molar-refractivity contribution in [2.24, 2.45) is 4.99 Å². The minimum atomic E-state index is 0.262. The van der Waals surface area contributed by atoms with Crippen LogP contribution in [0.15, 0.2) is 59.6 Å². The van der Waals surface area contributed by atoms with E-state index < -0.39 is 0 Å². The highest BCUT2D eigenvalue weighted by Crippen LogP contribution is 2.17. The van der Waals surface area contributed by atoms with Gasteiger partial charge in [-0.3, -0.25) is 9.79 Å². The number of guanidine groups is 1. The summed E-state index contributed by atoms with van der Waals surface area (Å²) in [4.78, 5) is 18.3. The van der Waals surface area contributed by atoms with E-state index in [2.05, 4.69) is 65.0 Å². The number of likely N-dealkylation sites (tertiary alicyclic amines) is 1. The molecule has 0 aliphatic carbocycles. The SMILES string of the molecule is CN=C(NCc1ccccc1CN1CCCC1=O)NC(C)CCc1ccccc1. The lowest BCUT2D eigenvalue weighted by molar-refractivity contribution is -0.128. The van der Waals surface area contributed by atoms with Gasteiger partial charge in [0.15, 0.2) is 5.96 Å². The van der Waals surface area contributed by atoms with Crippen molar-refractivity contribution in [3.63, 3.8) is 0 Å². The second kappa shape index (κ2) is 10.6. The maximum atomic E-state index is 12.0. The second-order valence-electron chi connectivity index (χ2n) is 7.68. The van der Waals surface area contributed by atoms with Crippen molar-refractivity contribution >= 4 is 11.9 Å². The minimum absolute atomic E-state index is 0.262. The fraction of sp³-hybridized carbons (Fsp3) is 0.417. The number of aryl methyl sites for hydroxylation is 1. The van der Waals surface area contributed by atoms with Crippen molar-refractivity contribution in [1.82, 2.24) is 15.5 Å². The number of aliphatic imine (C=N–C) groups is 1. The molecule has 1 aliphatic rings. The summed E-state index contributed by atoms with van der Waals surface area (Å²) in [6.45, 7) is 4.42. The first kappa shape index (κ1) is 20.9. The number of hydrogen-bond acceptors (Lipinski definition) is 2. The normalized spacial score (nSPS) is 15.4. The van der Waals surface area contributed by atoms with E-state index in [1.807, 2.05) is 17.0 Å². The molecule has 2 aromatic carbocycles. The van der Waals surface area contributed by atoms with Gasteiger partial charge >= 0.3 is 0 Å². The Balaban J connectivity index is 1.50. The molecule has 29 heavy (non-hydrogen) atoms. The van der Waals surface area contributed by atoms with Crippen LogP contribution < -0.4 is 10.6 Å². The average Bonchev–Trinajstić information content (AvgIpc) is 3.15. The van der Waals surface area contributed by atoms with E-state index in [9.17, 15) is 4.79 Å². The summed E-state index contributed by atoms with van der Waals surface area (Å²) >= 11 is 0.